The van der Waals surface area contributed by atoms with Gasteiger partial charge in [0.25, 0.3) is 5.79 Å². The second-order valence-electron chi connectivity index (χ2n) is 10.7. The topological polar surface area (TPSA) is 30.9 Å². The van der Waals surface area contributed by atoms with Crippen molar-refractivity contribution in [3.8, 4) is 5.75 Å². The van der Waals surface area contributed by atoms with Crippen LogP contribution in [0.1, 0.15) is 116 Å². The van der Waals surface area contributed by atoms with Crippen LogP contribution in [0.2, 0.25) is 0 Å². The largest absolute Gasteiger partial charge is 0.492 e. The number of halogens is 3. The smallest absolute Gasteiger partial charge is 0.443 e. The lowest BCUT2D eigenvalue weighted by molar-refractivity contribution is -0.368. The van der Waals surface area contributed by atoms with Crippen LogP contribution in [0.5, 0.6) is 5.75 Å². The zero-order valence-electron chi connectivity index (χ0n) is 25.3. The quantitative estimate of drug-likeness (QED) is 0.0882. The molecular formula is C32H56F3NO3. The molecule has 0 saturated heterocycles. The zero-order valence-corrected chi connectivity index (χ0v) is 25.3. The zero-order chi connectivity index (χ0) is 28.8. The number of aryl methyl sites for hydroxylation is 1. The Morgan fingerprint density at radius 3 is 1.56 bits per heavy atom. The van der Waals surface area contributed by atoms with E-state index in [2.05, 4.69) is 18.7 Å². The third-order valence-corrected chi connectivity index (χ3v) is 7.59. The van der Waals surface area contributed by atoms with Crippen molar-refractivity contribution in [3.05, 3.63) is 29.8 Å². The highest BCUT2D eigenvalue weighted by atomic mass is 19.4. The highest BCUT2D eigenvalue weighted by Gasteiger charge is 2.56. The molecule has 0 amide bonds. The molecule has 0 saturated carbocycles. The standard InChI is InChI=1S/C32H56F3NO3/c1-5-7-9-11-12-13-14-15-16-18-26-36(25-17-10-8-6-2)27-28-39-30-21-19-29(20-22-30)23-24-31(37-3,38-4)32(33,34)35/h19-22H,5-18,23-28H2,1-4H3. The van der Waals surface area contributed by atoms with Crippen molar-refractivity contribution in [2.45, 2.75) is 129 Å². The van der Waals surface area contributed by atoms with Crippen molar-refractivity contribution >= 4 is 0 Å². The van der Waals surface area contributed by atoms with E-state index in [-0.39, 0.29) is 12.8 Å². The van der Waals surface area contributed by atoms with Gasteiger partial charge in [0.15, 0.2) is 0 Å². The fourth-order valence-electron chi connectivity index (χ4n) is 4.93. The highest BCUT2D eigenvalue weighted by Crippen LogP contribution is 2.37. The molecule has 7 heteroatoms. The van der Waals surface area contributed by atoms with Crippen molar-refractivity contribution < 1.29 is 27.4 Å². The number of ether oxygens (including phenoxy) is 3. The maximum Gasteiger partial charge on any atom is 0.443 e. The predicted molar refractivity (Wildman–Crippen MR) is 155 cm³/mol. The lowest BCUT2D eigenvalue weighted by atomic mass is 10.0. The molecule has 0 fully saturated rings. The Kier molecular flexibility index (Phi) is 19.6. The van der Waals surface area contributed by atoms with Crippen molar-refractivity contribution in [1.82, 2.24) is 4.90 Å². The molecule has 0 aliphatic rings. The summed E-state index contributed by atoms with van der Waals surface area (Å²) in [7, 11) is 2.05. The number of hydrogen-bond donors (Lipinski definition) is 0. The van der Waals surface area contributed by atoms with Crippen LogP contribution in [-0.2, 0) is 15.9 Å². The molecule has 39 heavy (non-hydrogen) atoms. The Morgan fingerprint density at radius 2 is 1.10 bits per heavy atom. The van der Waals surface area contributed by atoms with E-state index in [0.717, 1.165) is 45.2 Å². The first-order valence-corrected chi connectivity index (χ1v) is 15.4. The molecule has 0 N–H and O–H groups in total. The van der Waals surface area contributed by atoms with Gasteiger partial charge < -0.3 is 14.2 Å². The Balaban J connectivity index is 2.40. The summed E-state index contributed by atoms with van der Waals surface area (Å²) >= 11 is 0. The summed E-state index contributed by atoms with van der Waals surface area (Å²) in [5.74, 6) is -1.85. The van der Waals surface area contributed by atoms with Gasteiger partial charge in [-0.1, -0.05) is 103 Å². The minimum atomic E-state index is -4.60. The van der Waals surface area contributed by atoms with Crippen LogP contribution >= 0.6 is 0 Å². The van der Waals surface area contributed by atoms with Gasteiger partial charge in [0, 0.05) is 27.2 Å². The summed E-state index contributed by atoms with van der Waals surface area (Å²) in [6.45, 7) is 8.23. The summed E-state index contributed by atoms with van der Waals surface area (Å²) in [5.41, 5.74) is 0.781. The number of rotatable bonds is 25. The van der Waals surface area contributed by atoms with E-state index in [0.29, 0.717) is 6.61 Å². The van der Waals surface area contributed by atoms with Gasteiger partial charge in [0.2, 0.25) is 0 Å². The summed E-state index contributed by atoms with van der Waals surface area (Å²) in [6.07, 6.45) is 13.7. The summed E-state index contributed by atoms with van der Waals surface area (Å²) < 4.78 is 55.6. The van der Waals surface area contributed by atoms with Gasteiger partial charge in [0.05, 0.1) is 0 Å². The lowest BCUT2D eigenvalue weighted by Crippen LogP contribution is -2.49. The van der Waals surface area contributed by atoms with Crippen molar-refractivity contribution in [2.75, 3.05) is 40.5 Å². The van der Waals surface area contributed by atoms with Crippen LogP contribution in [-0.4, -0.2) is 57.3 Å². The monoisotopic (exact) mass is 559 g/mol. The first-order valence-electron chi connectivity index (χ1n) is 15.4. The average Bonchev–Trinajstić information content (AvgIpc) is 2.92. The number of hydrogen-bond acceptors (Lipinski definition) is 4. The van der Waals surface area contributed by atoms with Gasteiger partial charge in [-0.15, -0.1) is 0 Å². The van der Waals surface area contributed by atoms with E-state index in [9.17, 15) is 13.2 Å². The predicted octanol–water partition coefficient (Wildman–Crippen LogP) is 9.35. The van der Waals surface area contributed by atoms with Gasteiger partial charge in [-0.3, -0.25) is 4.90 Å². The Labute approximate surface area is 237 Å². The van der Waals surface area contributed by atoms with E-state index in [1.807, 2.05) is 24.3 Å². The summed E-state index contributed by atoms with van der Waals surface area (Å²) in [5, 5.41) is 0. The maximum atomic E-state index is 13.4. The molecule has 228 valence electrons. The summed E-state index contributed by atoms with van der Waals surface area (Å²) in [4.78, 5) is 2.53. The SMILES string of the molecule is CCCCCCCCCCCCN(CCCCCC)CCOc1ccc(CCC(OC)(OC)C(F)(F)F)cc1. The van der Waals surface area contributed by atoms with E-state index in [1.165, 1.54) is 89.9 Å². The molecule has 0 heterocycles. The second kappa shape index (κ2) is 21.4. The molecule has 1 rings (SSSR count). The third-order valence-electron chi connectivity index (χ3n) is 7.59. The maximum absolute atomic E-state index is 13.4. The normalized spacial score (nSPS) is 12.4. The van der Waals surface area contributed by atoms with Crippen LogP contribution in [0.25, 0.3) is 0 Å². The molecule has 0 atom stereocenters. The Morgan fingerprint density at radius 1 is 0.641 bits per heavy atom. The number of unbranched alkanes of at least 4 members (excludes halogenated alkanes) is 12. The van der Waals surface area contributed by atoms with Crippen molar-refractivity contribution in [2.24, 2.45) is 0 Å². The number of methoxy groups -OCH3 is 2. The fraction of sp³-hybridized carbons (Fsp3) is 0.812. The van der Waals surface area contributed by atoms with Gasteiger partial charge in [-0.05, 0) is 50.0 Å². The van der Waals surface area contributed by atoms with Gasteiger partial charge in [-0.2, -0.15) is 13.2 Å². The molecule has 0 spiro atoms. The number of alkyl halides is 3. The second-order valence-corrected chi connectivity index (χ2v) is 10.7. The van der Waals surface area contributed by atoms with Crippen LogP contribution in [0, 0.1) is 0 Å². The molecule has 4 nitrogen and oxygen atoms in total. The lowest BCUT2D eigenvalue weighted by Gasteiger charge is -2.32. The molecule has 0 radical (unpaired) electrons. The molecular weight excluding hydrogens is 503 g/mol. The van der Waals surface area contributed by atoms with Crippen molar-refractivity contribution in [3.63, 3.8) is 0 Å². The molecule has 0 bridgehead atoms. The van der Waals surface area contributed by atoms with Gasteiger partial charge in [-0.25, -0.2) is 0 Å². The van der Waals surface area contributed by atoms with Crippen molar-refractivity contribution in [1.29, 1.82) is 0 Å². The number of nitrogens with zero attached hydrogens (tertiary/aromatic N) is 1. The van der Waals surface area contributed by atoms with E-state index in [4.69, 9.17) is 14.2 Å². The molecule has 0 aliphatic carbocycles. The molecule has 1 aromatic rings. The Bertz CT molecular complexity index is 693. The molecule has 0 aliphatic heterocycles. The minimum absolute atomic E-state index is 0.186. The van der Waals surface area contributed by atoms with Crippen LogP contribution < -0.4 is 4.74 Å². The molecule has 0 unspecified atom stereocenters. The highest BCUT2D eigenvalue weighted by molar-refractivity contribution is 5.27. The van der Waals surface area contributed by atoms with E-state index in [1.54, 1.807) is 0 Å². The van der Waals surface area contributed by atoms with Crippen LogP contribution in [0.3, 0.4) is 0 Å². The molecule has 1 aromatic carbocycles. The summed E-state index contributed by atoms with van der Waals surface area (Å²) in [6, 6.07) is 7.29. The van der Waals surface area contributed by atoms with Crippen LogP contribution in [0.4, 0.5) is 13.2 Å². The number of benzene rings is 1. The van der Waals surface area contributed by atoms with E-state index >= 15 is 0 Å². The van der Waals surface area contributed by atoms with E-state index < -0.39 is 12.0 Å². The third kappa shape index (κ3) is 15.3. The minimum Gasteiger partial charge on any atom is -0.492 e. The first-order chi connectivity index (χ1) is 18.8. The average molecular weight is 560 g/mol. The van der Waals surface area contributed by atoms with Gasteiger partial charge >= 0.3 is 6.18 Å². The first kappa shape index (κ1) is 35.7. The fourth-order valence-corrected chi connectivity index (χ4v) is 4.93. The molecule has 0 aromatic heterocycles. The van der Waals surface area contributed by atoms with Gasteiger partial charge in [0.1, 0.15) is 12.4 Å². The van der Waals surface area contributed by atoms with Crippen LogP contribution in [0.15, 0.2) is 24.3 Å². The Hall–Kier alpha value is -1.31.